The third kappa shape index (κ3) is 3.52. The fraction of sp³-hybridized carbons (Fsp3) is 0.0625. The van der Waals surface area contributed by atoms with Crippen LogP contribution in [0.1, 0.15) is 5.69 Å². The van der Waals surface area contributed by atoms with Crippen LogP contribution in [0.4, 0.5) is 29.8 Å². The molecule has 2 aromatic heterocycles. The minimum absolute atomic E-state index is 0.0700. The molecule has 0 aliphatic rings. The smallest absolute Gasteiger partial charge is 0.316 e. The van der Waals surface area contributed by atoms with E-state index in [2.05, 4.69) is 20.1 Å². The molecule has 3 aromatic rings. The molecule has 0 fully saturated rings. The van der Waals surface area contributed by atoms with Crippen LogP contribution in [0.15, 0.2) is 47.8 Å². The Bertz CT molecular complexity index is 912. The number of pyridine rings is 1. The van der Waals surface area contributed by atoms with Crippen molar-refractivity contribution in [2.75, 3.05) is 5.32 Å². The van der Waals surface area contributed by atoms with Crippen LogP contribution >= 0.6 is 11.3 Å². The molecule has 3 rings (SSSR count). The summed E-state index contributed by atoms with van der Waals surface area (Å²) in [5.74, 6) is 0.0700. The summed E-state index contributed by atoms with van der Waals surface area (Å²) in [5, 5.41) is 4.96. The quantitative estimate of drug-likeness (QED) is 0.635. The van der Waals surface area contributed by atoms with Crippen molar-refractivity contribution in [1.29, 1.82) is 0 Å². The highest BCUT2D eigenvalue weighted by Gasteiger charge is 2.32. The highest BCUT2D eigenvalue weighted by atomic mass is 32.1. The molecule has 0 amide bonds. The molecule has 0 atom stereocenters. The molecule has 0 aliphatic carbocycles. The molecule has 2 heterocycles. The maximum absolute atomic E-state index is 12.7. The number of thiazole rings is 1. The summed E-state index contributed by atoms with van der Waals surface area (Å²) in [6, 6.07) is 10.6. The van der Waals surface area contributed by atoms with Crippen molar-refractivity contribution in [2.45, 2.75) is 6.18 Å². The predicted octanol–water partition coefficient (Wildman–Crippen LogP) is 5.52. The van der Waals surface area contributed by atoms with Crippen LogP contribution in [0.3, 0.4) is 0 Å². The Labute approximate surface area is 139 Å². The number of nitrogens with one attached hydrogen (secondary N) is 1. The van der Waals surface area contributed by atoms with E-state index < -0.39 is 11.9 Å². The van der Waals surface area contributed by atoms with Gasteiger partial charge in [-0.3, -0.25) is 0 Å². The number of alkyl halides is 3. The van der Waals surface area contributed by atoms with E-state index in [0.29, 0.717) is 16.5 Å². The summed E-state index contributed by atoms with van der Waals surface area (Å²) in [4.78, 5) is 11.2. The molecule has 120 valence electrons. The molecule has 1 N–H and O–H groups in total. The Balaban J connectivity index is 1.83. The number of hydrogen-bond acceptors (Lipinski definition) is 4. The monoisotopic (exact) mass is 346 g/mol. The van der Waals surface area contributed by atoms with Crippen molar-refractivity contribution >= 4 is 28.0 Å². The van der Waals surface area contributed by atoms with Crippen molar-refractivity contribution in [1.82, 2.24) is 9.97 Å². The fourth-order valence-corrected chi connectivity index (χ4v) is 2.70. The second kappa shape index (κ2) is 6.29. The summed E-state index contributed by atoms with van der Waals surface area (Å²) < 4.78 is 38.0. The first-order valence-corrected chi connectivity index (χ1v) is 7.58. The predicted molar refractivity (Wildman–Crippen MR) is 86.3 cm³/mol. The van der Waals surface area contributed by atoms with Gasteiger partial charge in [-0.15, -0.1) is 11.3 Å². The molecule has 0 radical (unpaired) electrons. The van der Waals surface area contributed by atoms with Crippen LogP contribution in [-0.4, -0.2) is 9.97 Å². The summed E-state index contributed by atoms with van der Waals surface area (Å²) >= 11 is 1.25. The molecule has 4 nitrogen and oxygen atoms in total. The molecule has 0 spiro atoms. The Kier molecular flexibility index (Phi) is 4.18. The average Bonchev–Trinajstić information content (AvgIpc) is 3.03. The Morgan fingerprint density at radius 1 is 1.08 bits per heavy atom. The first-order chi connectivity index (χ1) is 11.5. The van der Waals surface area contributed by atoms with Gasteiger partial charge in [0.05, 0.1) is 12.3 Å². The molecular formula is C16H9F3N4S. The molecular weight excluding hydrogens is 337 g/mol. The van der Waals surface area contributed by atoms with Gasteiger partial charge in [-0.2, -0.15) is 13.2 Å². The standard InChI is InChI=1S/C16H9F3N4S/c1-20-11-5-2-4-10(8-11)12-9-24-15(21-12)23-14-7-3-6-13(22-14)16(17,18)19/h2-9H,(H,21,22,23). The topological polar surface area (TPSA) is 42.2 Å². The van der Waals surface area contributed by atoms with E-state index in [0.717, 1.165) is 11.6 Å². The van der Waals surface area contributed by atoms with Crippen molar-refractivity contribution in [3.05, 3.63) is 65.0 Å². The fourth-order valence-electron chi connectivity index (χ4n) is 1.97. The number of hydrogen-bond donors (Lipinski definition) is 1. The average molecular weight is 346 g/mol. The van der Waals surface area contributed by atoms with Gasteiger partial charge < -0.3 is 5.32 Å². The van der Waals surface area contributed by atoms with Crippen LogP contribution in [-0.2, 0) is 6.18 Å². The van der Waals surface area contributed by atoms with E-state index in [1.807, 2.05) is 6.07 Å². The largest absolute Gasteiger partial charge is 0.433 e. The van der Waals surface area contributed by atoms with Gasteiger partial charge in [-0.05, 0) is 23.8 Å². The maximum Gasteiger partial charge on any atom is 0.433 e. The van der Waals surface area contributed by atoms with Crippen molar-refractivity contribution in [2.24, 2.45) is 0 Å². The van der Waals surface area contributed by atoms with E-state index in [1.165, 1.54) is 23.5 Å². The highest BCUT2D eigenvalue weighted by molar-refractivity contribution is 7.14. The second-order valence-corrected chi connectivity index (χ2v) is 5.59. The van der Waals surface area contributed by atoms with Gasteiger partial charge >= 0.3 is 6.18 Å². The zero-order valence-corrected chi connectivity index (χ0v) is 12.8. The lowest BCUT2D eigenvalue weighted by atomic mass is 10.1. The van der Waals surface area contributed by atoms with Gasteiger partial charge in [0.25, 0.3) is 0 Å². The Hall–Kier alpha value is -2.92. The second-order valence-electron chi connectivity index (χ2n) is 4.73. The van der Waals surface area contributed by atoms with Gasteiger partial charge in [0.1, 0.15) is 11.5 Å². The molecule has 0 saturated carbocycles. The summed E-state index contributed by atoms with van der Waals surface area (Å²) in [6.45, 7) is 7.02. The first kappa shape index (κ1) is 16.0. The number of halogens is 3. The van der Waals surface area contributed by atoms with Gasteiger partial charge in [0.15, 0.2) is 10.8 Å². The van der Waals surface area contributed by atoms with E-state index in [1.54, 1.807) is 23.6 Å². The number of nitrogens with zero attached hydrogens (tertiary/aromatic N) is 3. The molecule has 0 bridgehead atoms. The molecule has 8 heteroatoms. The van der Waals surface area contributed by atoms with Crippen LogP contribution in [0.25, 0.3) is 16.1 Å². The highest BCUT2D eigenvalue weighted by Crippen LogP contribution is 2.31. The number of aromatic nitrogens is 2. The molecule has 0 unspecified atom stereocenters. The van der Waals surface area contributed by atoms with Crippen molar-refractivity contribution in [3.8, 4) is 11.3 Å². The number of rotatable bonds is 3. The molecule has 1 aromatic carbocycles. The Morgan fingerprint density at radius 3 is 2.62 bits per heavy atom. The molecule has 24 heavy (non-hydrogen) atoms. The van der Waals surface area contributed by atoms with Crippen molar-refractivity contribution < 1.29 is 13.2 Å². The Morgan fingerprint density at radius 2 is 1.88 bits per heavy atom. The van der Waals surface area contributed by atoms with Crippen molar-refractivity contribution in [3.63, 3.8) is 0 Å². The van der Waals surface area contributed by atoms with E-state index >= 15 is 0 Å². The minimum atomic E-state index is -4.49. The zero-order chi connectivity index (χ0) is 17.2. The van der Waals surface area contributed by atoms with Crippen LogP contribution in [0.5, 0.6) is 0 Å². The minimum Gasteiger partial charge on any atom is -0.316 e. The van der Waals surface area contributed by atoms with Crippen LogP contribution in [0.2, 0.25) is 0 Å². The lowest BCUT2D eigenvalue weighted by Gasteiger charge is -2.07. The first-order valence-electron chi connectivity index (χ1n) is 6.70. The van der Waals surface area contributed by atoms with E-state index in [4.69, 9.17) is 6.57 Å². The summed E-state index contributed by atoms with van der Waals surface area (Å²) in [5.41, 5.74) is 0.938. The molecule has 0 aliphatic heterocycles. The van der Waals surface area contributed by atoms with E-state index in [-0.39, 0.29) is 5.82 Å². The van der Waals surface area contributed by atoms with Gasteiger partial charge in [-0.25, -0.2) is 14.8 Å². The normalized spacial score (nSPS) is 11.1. The maximum atomic E-state index is 12.7. The SMILES string of the molecule is [C-]#[N+]c1cccc(-c2csc(Nc3cccc(C(F)(F)F)n3)n2)c1. The third-order valence-electron chi connectivity index (χ3n) is 3.05. The van der Waals surface area contributed by atoms with E-state index in [9.17, 15) is 13.2 Å². The summed E-state index contributed by atoms with van der Waals surface area (Å²) in [7, 11) is 0. The zero-order valence-electron chi connectivity index (χ0n) is 12.0. The molecule has 0 saturated heterocycles. The summed E-state index contributed by atoms with van der Waals surface area (Å²) in [6.07, 6.45) is -4.49. The van der Waals surface area contributed by atoms with Crippen LogP contribution < -0.4 is 5.32 Å². The number of benzene rings is 1. The van der Waals surface area contributed by atoms with Gasteiger partial charge in [0.2, 0.25) is 0 Å². The third-order valence-corrected chi connectivity index (χ3v) is 3.81. The lowest BCUT2D eigenvalue weighted by Crippen LogP contribution is -2.08. The number of anilines is 2. The van der Waals surface area contributed by atoms with Gasteiger partial charge in [-0.1, -0.05) is 24.3 Å². The van der Waals surface area contributed by atoms with Crippen LogP contribution in [0, 0.1) is 6.57 Å². The lowest BCUT2D eigenvalue weighted by molar-refractivity contribution is -0.141. The van der Waals surface area contributed by atoms with Gasteiger partial charge in [0, 0.05) is 5.38 Å².